The van der Waals surface area contributed by atoms with E-state index in [0.717, 1.165) is 23.1 Å². The summed E-state index contributed by atoms with van der Waals surface area (Å²) in [5.41, 5.74) is 2.91. The van der Waals surface area contributed by atoms with Crippen molar-refractivity contribution in [3.63, 3.8) is 0 Å². The Morgan fingerprint density at radius 1 is 1.11 bits per heavy atom. The summed E-state index contributed by atoms with van der Waals surface area (Å²) in [6.45, 7) is 3.72. The molecule has 0 bridgehead atoms. The Morgan fingerprint density at radius 3 is 2.36 bits per heavy atom. The van der Waals surface area contributed by atoms with E-state index in [9.17, 15) is 12.8 Å². The Balaban J connectivity index is 1.94. The van der Waals surface area contributed by atoms with Crippen LogP contribution >= 0.6 is 11.8 Å². The first-order chi connectivity index (χ1) is 13.2. The molecule has 0 aliphatic heterocycles. The van der Waals surface area contributed by atoms with Gasteiger partial charge in [-0.15, -0.1) is 10.2 Å². The molecule has 1 N–H and O–H groups in total. The van der Waals surface area contributed by atoms with Crippen molar-refractivity contribution in [3.05, 3.63) is 71.3 Å². The molecule has 1 aromatic heterocycles. The largest absolute Gasteiger partial charge is 0.273 e. The maximum absolute atomic E-state index is 13.1. The molecule has 0 fully saturated rings. The Hall–Kier alpha value is -2.23. The third kappa shape index (κ3) is 5.18. The van der Waals surface area contributed by atoms with Crippen LogP contribution in [-0.2, 0) is 15.8 Å². The number of sulfonamides is 1. The minimum atomic E-state index is -3.40. The minimum absolute atomic E-state index is 0.278. The fourth-order valence-electron chi connectivity index (χ4n) is 2.69. The molecule has 0 radical (unpaired) electrons. The molecule has 0 spiro atoms. The monoisotopic (exact) mass is 420 g/mol. The Morgan fingerprint density at radius 2 is 1.75 bits per heavy atom. The molecule has 0 amide bonds. The molecular formula is C19H21FN4O2S2. The number of benzene rings is 2. The molecule has 148 valence electrons. The Bertz CT molecular complexity index is 1050. The topological polar surface area (TPSA) is 76.9 Å². The Kier molecular flexibility index (Phi) is 6.17. The van der Waals surface area contributed by atoms with Crippen molar-refractivity contribution in [1.29, 1.82) is 0 Å². The van der Waals surface area contributed by atoms with E-state index < -0.39 is 16.1 Å². The molecule has 1 unspecified atom stereocenters. The van der Waals surface area contributed by atoms with Gasteiger partial charge >= 0.3 is 0 Å². The highest BCUT2D eigenvalue weighted by atomic mass is 32.2. The number of nitrogens with one attached hydrogen (secondary N) is 1. The van der Waals surface area contributed by atoms with Crippen LogP contribution < -0.4 is 4.72 Å². The average molecular weight is 421 g/mol. The zero-order chi connectivity index (χ0) is 20.3. The standard InChI is InChI=1S/C19H21FN4O2S2/c1-13-4-10-17(11-5-13)24-18(14(2)23-28(3,25)26)21-22-19(24)27-12-15-6-8-16(20)9-7-15/h4-11,14,23H,12H2,1-3H3. The van der Waals surface area contributed by atoms with Crippen LogP contribution in [0.25, 0.3) is 5.69 Å². The predicted molar refractivity (Wildman–Crippen MR) is 108 cm³/mol. The highest BCUT2D eigenvalue weighted by Gasteiger charge is 2.21. The van der Waals surface area contributed by atoms with Crippen molar-refractivity contribution in [2.24, 2.45) is 0 Å². The van der Waals surface area contributed by atoms with Gasteiger partial charge in [-0.3, -0.25) is 4.57 Å². The average Bonchev–Trinajstić information content (AvgIpc) is 3.05. The molecule has 2 aromatic carbocycles. The quantitative estimate of drug-likeness (QED) is 0.591. The van der Waals surface area contributed by atoms with E-state index in [-0.39, 0.29) is 5.82 Å². The fraction of sp³-hybridized carbons (Fsp3) is 0.263. The van der Waals surface area contributed by atoms with Gasteiger partial charge in [0.1, 0.15) is 5.82 Å². The van der Waals surface area contributed by atoms with E-state index in [1.54, 1.807) is 19.1 Å². The third-order valence-corrected chi connectivity index (χ3v) is 5.79. The molecule has 9 heteroatoms. The number of aryl methyl sites for hydroxylation is 1. The first kappa shape index (κ1) is 20.5. The number of hydrogen-bond acceptors (Lipinski definition) is 5. The molecule has 1 atom stereocenters. The van der Waals surface area contributed by atoms with Gasteiger partial charge < -0.3 is 0 Å². The van der Waals surface area contributed by atoms with Gasteiger partial charge in [0.25, 0.3) is 0 Å². The van der Waals surface area contributed by atoms with Crippen molar-refractivity contribution in [2.75, 3.05) is 6.26 Å². The van der Waals surface area contributed by atoms with Crippen molar-refractivity contribution in [1.82, 2.24) is 19.5 Å². The van der Waals surface area contributed by atoms with Gasteiger partial charge in [-0.05, 0) is 43.7 Å². The molecule has 0 aliphatic carbocycles. The van der Waals surface area contributed by atoms with E-state index in [1.807, 2.05) is 35.8 Å². The highest BCUT2D eigenvalue weighted by Crippen LogP contribution is 2.28. The van der Waals surface area contributed by atoms with E-state index in [2.05, 4.69) is 14.9 Å². The predicted octanol–water partition coefficient (Wildman–Crippen LogP) is 3.62. The van der Waals surface area contributed by atoms with Gasteiger partial charge in [0.05, 0.1) is 12.3 Å². The first-order valence-corrected chi connectivity index (χ1v) is 11.5. The van der Waals surface area contributed by atoms with E-state index in [4.69, 9.17) is 0 Å². The summed E-state index contributed by atoms with van der Waals surface area (Å²) in [6, 6.07) is 13.6. The summed E-state index contributed by atoms with van der Waals surface area (Å²) in [7, 11) is -3.40. The summed E-state index contributed by atoms with van der Waals surface area (Å²) in [6.07, 6.45) is 1.11. The lowest BCUT2D eigenvalue weighted by Crippen LogP contribution is -2.27. The molecule has 6 nitrogen and oxygen atoms in total. The van der Waals surface area contributed by atoms with Crippen LogP contribution in [0.5, 0.6) is 0 Å². The minimum Gasteiger partial charge on any atom is -0.273 e. The van der Waals surface area contributed by atoms with Crippen LogP contribution in [0.2, 0.25) is 0 Å². The van der Waals surface area contributed by atoms with Gasteiger partial charge in [0, 0.05) is 11.4 Å². The van der Waals surface area contributed by atoms with Crippen LogP contribution in [0, 0.1) is 12.7 Å². The summed E-state index contributed by atoms with van der Waals surface area (Å²) in [5, 5.41) is 9.13. The zero-order valence-corrected chi connectivity index (χ0v) is 17.4. The summed E-state index contributed by atoms with van der Waals surface area (Å²) >= 11 is 1.45. The van der Waals surface area contributed by atoms with Crippen LogP contribution in [0.1, 0.15) is 29.9 Å². The molecule has 0 aliphatic rings. The number of hydrogen-bond donors (Lipinski definition) is 1. The highest BCUT2D eigenvalue weighted by molar-refractivity contribution is 7.98. The third-order valence-electron chi connectivity index (χ3n) is 4.01. The second kappa shape index (κ2) is 8.42. The smallest absolute Gasteiger partial charge is 0.209 e. The molecule has 28 heavy (non-hydrogen) atoms. The first-order valence-electron chi connectivity index (χ1n) is 8.60. The number of aromatic nitrogens is 3. The summed E-state index contributed by atoms with van der Waals surface area (Å²) < 4.78 is 40.8. The van der Waals surface area contributed by atoms with Gasteiger partial charge in [0.15, 0.2) is 11.0 Å². The lowest BCUT2D eigenvalue weighted by molar-refractivity contribution is 0.561. The van der Waals surface area contributed by atoms with Gasteiger partial charge in [-0.25, -0.2) is 17.5 Å². The molecule has 0 saturated heterocycles. The van der Waals surface area contributed by atoms with E-state index >= 15 is 0 Å². The molecule has 3 rings (SSSR count). The summed E-state index contributed by atoms with van der Waals surface area (Å²) in [5.74, 6) is 0.799. The lowest BCUT2D eigenvalue weighted by atomic mass is 10.2. The van der Waals surface area contributed by atoms with Crippen LogP contribution in [0.3, 0.4) is 0 Å². The van der Waals surface area contributed by atoms with Crippen LogP contribution in [0.4, 0.5) is 4.39 Å². The second-order valence-corrected chi connectivity index (χ2v) is 9.26. The van der Waals surface area contributed by atoms with Crippen LogP contribution in [0.15, 0.2) is 53.7 Å². The number of nitrogens with zero attached hydrogens (tertiary/aromatic N) is 3. The van der Waals surface area contributed by atoms with Gasteiger partial charge in [0.2, 0.25) is 10.0 Å². The fourth-order valence-corrected chi connectivity index (χ4v) is 4.36. The molecular weight excluding hydrogens is 399 g/mol. The van der Waals surface area contributed by atoms with Crippen molar-refractivity contribution in [3.8, 4) is 5.69 Å². The second-order valence-electron chi connectivity index (χ2n) is 6.54. The maximum atomic E-state index is 13.1. The zero-order valence-electron chi connectivity index (χ0n) is 15.8. The van der Waals surface area contributed by atoms with Gasteiger partial charge in [-0.2, -0.15) is 0 Å². The van der Waals surface area contributed by atoms with Crippen molar-refractivity contribution >= 4 is 21.8 Å². The van der Waals surface area contributed by atoms with Crippen molar-refractivity contribution < 1.29 is 12.8 Å². The lowest BCUT2D eigenvalue weighted by Gasteiger charge is -2.15. The SMILES string of the molecule is Cc1ccc(-n2c(SCc3ccc(F)cc3)nnc2C(C)NS(C)(=O)=O)cc1. The number of rotatable bonds is 7. The van der Waals surface area contributed by atoms with E-state index in [0.29, 0.717) is 16.7 Å². The maximum Gasteiger partial charge on any atom is 0.209 e. The molecule has 0 saturated carbocycles. The van der Waals surface area contributed by atoms with Crippen LogP contribution in [-0.4, -0.2) is 29.4 Å². The molecule has 3 aromatic rings. The Labute approximate surface area is 168 Å². The summed E-state index contributed by atoms with van der Waals surface area (Å²) in [4.78, 5) is 0. The normalized spacial score (nSPS) is 12.9. The molecule has 1 heterocycles. The van der Waals surface area contributed by atoms with E-state index in [1.165, 1.54) is 23.9 Å². The number of thioether (sulfide) groups is 1. The van der Waals surface area contributed by atoms with Gasteiger partial charge in [-0.1, -0.05) is 41.6 Å². The number of halogens is 1. The van der Waals surface area contributed by atoms with Crippen molar-refractivity contribution in [2.45, 2.75) is 30.8 Å².